The summed E-state index contributed by atoms with van der Waals surface area (Å²) in [6.07, 6.45) is 0. The number of aliphatic hydroxyl groups is 1. The monoisotopic (exact) mass is 354 g/mol. The van der Waals surface area contributed by atoms with Crippen molar-refractivity contribution < 1.29 is 24.4 Å². The first-order valence-corrected chi connectivity index (χ1v) is 7.59. The molecule has 0 aromatic heterocycles. The number of methoxy groups -OCH3 is 1. The molecule has 0 saturated carbocycles. The van der Waals surface area contributed by atoms with Crippen LogP contribution in [-0.4, -0.2) is 28.8 Å². The highest BCUT2D eigenvalue weighted by Crippen LogP contribution is 2.33. The second-order valence-corrected chi connectivity index (χ2v) is 5.58. The molecule has 1 amide bonds. The van der Waals surface area contributed by atoms with E-state index in [1.165, 1.54) is 31.4 Å². The molecule has 0 aliphatic carbocycles. The molecule has 2 N–H and O–H groups in total. The summed E-state index contributed by atoms with van der Waals surface area (Å²) in [7, 11) is 1.50. The number of nitrogens with zero attached hydrogens (tertiary/aromatic N) is 1. The first kappa shape index (κ1) is 17.2. The van der Waals surface area contributed by atoms with E-state index in [0.29, 0.717) is 16.9 Å². The number of amides is 1. The fourth-order valence-corrected chi connectivity index (χ4v) is 2.71. The van der Waals surface area contributed by atoms with Gasteiger partial charge in [0.15, 0.2) is 0 Å². The normalized spacial score (nSPS) is 18.4. The zero-order valence-corrected chi connectivity index (χ0v) is 13.6. The Morgan fingerprint density at radius 2 is 1.73 bits per heavy atom. The maximum absolute atomic E-state index is 12.2. The zero-order valence-electron chi connectivity index (χ0n) is 13.6. The third kappa shape index (κ3) is 3.00. The summed E-state index contributed by atoms with van der Waals surface area (Å²) in [5.41, 5.74) is 0.575. The van der Waals surface area contributed by atoms with Crippen molar-refractivity contribution in [1.29, 1.82) is 0 Å². The molecule has 2 aromatic rings. The molecule has 8 heteroatoms. The Bertz CT molecular complexity index is 916. The Morgan fingerprint density at radius 1 is 1.12 bits per heavy atom. The van der Waals surface area contributed by atoms with Crippen molar-refractivity contribution >= 4 is 23.1 Å². The lowest BCUT2D eigenvalue weighted by molar-refractivity contribution is -0.384. The Morgan fingerprint density at radius 3 is 2.27 bits per heavy atom. The summed E-state index contributed by atoms with van der Waals surface area (Å²) in [6, 6.07) is 10.9. The van der Waals surface area contributed by atoms with Crippen molar-refractivity contribution in [2.24, 2.45) is 0 Å². The van der Waals surface area contributed by atoms with Crippen LogP contribution < -0.4 is 10.1 Å². The first-order valence-electron chi connectivity index (χ1n) is 7.59. The number of carbonyl (C=O) groups is 2. The molecule has 0 unspecified atom stereocenters. The first-order chi connectivity index (χ1) is 12.4. The highest BCUT2D eigenvalue weighted by molar-refractivity contribution is 6.46. The third-order valence-electron chi connectivity index (χ3n) is 4.07. The average molecular weight is 354 g/mol. The van der Waals surface area contributed by atoms with Crippen molar-refractivity contribution in [3.63, 3.8) is 0 Å². The Kier molecular flexibility index (Phi) is 4.40. The van der Waals surface area contributed by atoms with E-state index in [4.69, 9.17) is 4.74 Å². The van der Waals surface area contributed by atoms with Gasteiger partial charge < -0.3 is 15.2 Å². The van der Waals surface area contributed by atoms with Crippen LogP contribution in [0, 0.1) is 10.1 Å². The third-order valence-corrected chi connectivity index (χ3v) is 4.07. The molecule has 1 aliphatic rings. The minimum atomic E-state index is -0.891. The molecule has 1 fully saturated rings. The number of ether oxygens (including phenoxy) is 1. The summed E-state index contributed by atoms with van der Waals surface area (Å²) >= 11 is 0. The van der Waals surface area contributed by atoms with Gasteiger partial charge in [0, 0.05) is 17.7 Å². The molecule has 26 heavy (non-hydrogen) atoms. The SMILES string of the molecule is COc1ccc(/C(O)=C2\C(=O)C(=O)N[C@H]2c2ccc([N+](=O)[O-])cc2)cc1. The smallest absolute Gasteiger partial charge is 0.293 e. The number of ketones is 1. The van der Waals surface area contributed by atoms with Gasteiger partial charge in [0.1, 0.15) is 11.5 Å². The molecule has 2 aromatic carbocycles. The van der Waals surface area contributed by atoms with Gasteiger partial charge in [0.2, 0.25) is 0 Å². The number of benzene rings is 2. The topological polar surface area (TPSA) is 119 Å². The fraction of sp³-hybridized carbons (Fsp3) is 0.111. The van der Waals surface area contributed by atoms with E-state index in [2.05, 4.69) is 5.32 Å². The van der Waals surface area contributed by atoms with Gasteiger partial charge in [-0.3, -0.25) is 19.7 Å². The van der Waals surface area contributed by atoms with Crippen LogP contribution in [0.25, 0.3) is 5.76 Å². The predicted molar refractivity (Wildman–Crippen MR) is 91.5 cm³/mol. The Hall–Kier alpha value is -3.68. The number of Topliss-reactive ketones (excluding diaryl/α,β-unsaturated/α-hetero) is 1. The number of nitro benzene ring substituents is 1. The fourth-order valence-electron chi connectivity index (χ4n) is 2.71. The van der Waals surface area contributed by atoms with Gasteiger partial charge in [-0.1, -0.05) is 0 Å². The summed E-state index contributed by atoms with van der Waals surface area (Å²) in [4.78, 5) is 34.3. The van der Waals surface area contributed by atoms with Gasteiger partial charge in [-0.25, -0.2) is 0 Å². The molecular weight excluding hydrogens is 340 g/mol. The molecule has 1 aliphatic heterocycles. The largest absolute Gasteiger partial charge is 0.507 e. The van der Waals surface area contributed by atoms with Gasteiger partial charge in [-0.05, 0) is 42.0 Å². The number of hydrogen-bond donors (Lipinski definition) is 2. The highest BCUT2D eigenvalue weighted by Gasteiger charge is 2.39. The van der Waals surface area contributed by atoms with Crippen LogP contribution in [-0.2, 0) is 9.59 Å². The number of non-ortho nitro benzene ring substituents is 1. The Labute approximate surface area is 147 Å². The minimum Gasteiger partial charge on any atom is -0.507 e. The van der Waals surface area contributed by atoms with Gasteiger partial charge in [0.25, 0.3) is 17.4 Å². The van der Waals surface area contributed by atoms with Crippen LogP contribution in [0.3, 0.4) is 0 Å². The van der Waals surface area contributed by atoms with Gasteiger partial charge in [-0.2, -0.15) is 0 Å². The van der Waals surface area contributed by atoms with Crippen molar-refractivity contribution in [3.05, 3.63) is 75.3 Å². The summed E-state index contributed by atoms with van der Waals surface area (Å²) in [5.74, 6) is -1.45. The van der Waals surface area contributed by atoms with E-state index in [1.54, 1.807) is 24.3 Å². The van der Waals surface area contributed by atoms with Crippen LogP contribution in [0.1, 0.15) is 17.2 Å². The number of hydrogen-bond acceptors (Lipinski definition) is 6. The van der Waals surface area contributed by atoms with Crippen molar-refractivity contribution in [1.82, 2.24) is 5.32 Å². The van der Waals surface area contributed by atoms with Crippen LogP contribution in [0.4, 0.5) is 5.69 Å². The lowest BCUT2D eigenvalue weighted by atomic mass is 9.95. The molecular formula is C18H14N2O6. The molecule has 1 saturated heterocycles. The molecule has 1 heterocycles. The maximum atomic E-state index is 12.2. The average Bonchev–Trinajstić information content (AvgIpc) is 2.96. The molecule has 0 radical (unpaired) electrons. The summed E-state index contributed by atoms with van der Waals surface area (Å²) in [5, 5.41) is 23.8. The van der Waals surface area contributed by atoms with Crippen LogP contribution in [0.2, 0.25) is 0 Å². The number of rotatable bonds is 4. The second kappa shape index (κ2) is 6.67. The quantitative estimate of drug-likeness (QED) is 0.286. The summed E-state index contributed by atoms with van der Waals surface area (Å²) in [6.45, 7) is 0. The van der Waals surface area contributed by atoms with E-state index < -0.39 is 22.7 Å². The van der Waals surface area contributed by atoms with E-state index in [0.717, 1.165) is 0 Å². The van der Waals surface area contributed by atoms with Crippen molar-refractivity contribution in [3.8, 4) is 5.75 Å². The van der Waals surface area contributed by atoms with Crippen LogP contribution >= 0.6 is 0 Å². The number of carbonyl (C=O) groups excluding carboxylic acids is 2. The lowest BCUT2D eigenvalue weighted by Gasteiger charge is -2.13. The number of aliphatic hydroxyl groups excluding tert-OH is 1. The van der Waals surface area contributed by atoms with E-state index >= 15 is 0 Å². The molecule has 0 bridgehead atoms. The van der Waals surface area contributed by atoms with E-state index in [9.17, 15) is 24.8 Å². The molecule has 1 atom stereocenters. The van der Waals surface area contributed by atoms with Gasteiger partial charge >= 0.3 is 0 Å². The molecule has 8 nitrogen and oxygen atoms in total. The Balaban J connectivity index is 2.04. The number of nitrogens with one attached hydrogen (secondary N) is 1. The lowest BCUT2D eigenvalue weighted by Crippen LogP contribution is -2.21. The minimum absolute atomic E-state index is 0.103. The molecule has 3 rings (SSSR count). The standard InChI is InChI=1S/C18H14N2O6/c1-26-13-8-4-11(5-9-13)16(21)14-15(19-18(23)17(14)22)10-2-6-12(7-3-10)20(24)25/h2-9,15,21H,1H3,(H,19,23)/b16-14+/t15-/m0/s1. The molecule has 0 spiro atoms. The second-order valence-electron chi connectivity index (χ2n) is 5.58. The van der Waals surface area contributed by atoms with Crippen molar-refractivity contribution in [2.75, 3.05) is 7.11 Å². The van der Waals surface area contributed by atoms with E-state index in [-0.39, 0.29) is 17.0 Å². The predicted octanol–water partition coefficient (Wildman–Crippen LogP) is 2.31. The highest BCUT2D eigenvalue weighted by atomic mass is 16.6. The van der Waals surface area contributed by atoms with Crippen LogP contribution in [0.15, 0.2) is 54.1 Å². The van der Waals surface area contributed by atoms with Gasteiger partial charge in [-0.15, -0.1) is 0 Å². The van der Waals surface area contributed by atoms with E-state index in [1.807, 2.05) is 0 Å². The maximum Gasteiger partial charge on any atom is 0.293 e. The molecule has 132 valence electrons. The van der Waals surface area contributed by atoms with Crippen molar-refractivity contribution in [2.45, 2.75) is 6.04 Å². The summed E-state index contributed by atoms with van der Waals surface area (Å²) < 4.78 is 5.05. The van der Waals surface area contributed by atoms with Gasteiger partial charge in [0.05, 0.1) is 23.6 Å². The number of nitro groups is 1. The van der Waals surface area contributed by atoms with Crippen LogP contribution in [0.5, 0.6) is 5.75 Å². The zero-order chi connectivity index (χ0) is 18.8.